The third kappa shape index (κ3) is 5.50. The molecular weight excluding hydrogens is 188 g/mol. The molecule has 90 valence electrons. The lowest BCUT2D eigenvalue weighted by molar-refractivity contribution is 0.276. The van der Waals surface area contributed by atoms with Crippen molar-refractivity contribution in [1.29, 1.82) is 0 Å². The molecule has 1 fully saturated rings. The van der Waals surface area contributed by atoms with Crippen LogP contribution in [0.2, 0.25) is 0 Å². The van der Waals surface area contributed by atoms with E-state index in [0.29, 0.717) is 6.61 Å². The molecule has 1 aliphatic heterocycles. The van der Waals surface area contributed by atoms with Gasteiger partial charge in [-0.3, -0.25) is 0 Å². The molecule has 1 heterocycles. The van der Waals surface area contributed by atoms with Crippen LogP contribution in [-0.4, -0.2) is 42.8 Å². The van der Waals surface area contributed by atoms with E-state index < -0.39 is 0 Å². The van der Waals surface area contributed by atoms with Gasteiger partial charge in [0.1, 0.15) is 0 Å². The molecule has 0 aromatic carbocycles. The van der Waals surface area contributed by atoms with E-state index in [1.165, 1.54) is 51.7 Å². The molecular formula is C12H26N2O. The van der Waals surface area contributed by atoms with Crippen molar-refractivity contribution in [2.75, 3.05) is 32.8 Å². The summed E-state index contributed by atoms with van der Waals surface area (Å²) in [6, 6.07) is 0. The lowest BCUT2D eigenvalue weighted by atomic mass is 10.1. The summed E-state index contributed by atoms with van der Waals surface area (Å²) in [6.07, 6.45) is 7.23. The highest BCUT2D eigenvalue weighted by Gasteiger charge is 2.20. The van der Waals surface area contributed by atoms with Crippen LogP contribution < -0.4 is 5.73 Å². The first-order valence-electron chi connectivity index (χ1n) is 6.40. The van der Waals surface area contributed by atoms with E-state index in [0.717, 1.165) is 18.9 Å². The minimum absolute atomic E-state index is 0.349. The Hall–Kier alpha value is -0.120. The average molecular weight is 214 g/mol. The van der Waals surface area contributed by atoms with E-state index >= 15 is 0 Å². The van der Waals surface area contributed by atoms with Gasteiger partial charge in [0.25, 0.3) is 0 Å². The average Bonchev–Trinajstić information content (AvgIpc) is 2.66. The van der Waals surface area contributed by atoms with E-state index in [4.69, 9.17) is 10.8 Å². The Morgan fingerprint density at radius 1 is 1.20 bits per heavy atom. The summed E-state index contributed by atoms with van der Waals surface area (Å²) < 4.78 is 0. The number of nitrogens with zero attached hydrogens (tertiary/aromatic N) is 1. The molecule has 1 aliphatic rings. The Labute approximate surface area is 93.6 Å². The second-order valence-corrected chi connectivity index (χ2v) is 4.67. The number of rotatable bonds is 8. The lowest BCUT2D eigenvalue weighted by Crippen LogP contribution is -2.22. The summed E-state index contributed by atoms with van der Waals surface area (Å²) in [5.41, 5.74) is 5.57. The minimum Gasteiger partial charge on any atom is -0.396 e. The van der Waals surface area contributed by atoms with Crippen LogP contribution in [0.25, 0.3) is 0 Å². The van der Waals surface area contributed by atoms with Crippen LogP contribution in [0.1, 0.15) is 38.5 Å². The van der Waals surface area contributed by atoms with E-state index in [1.54, 1.807) is 0 Å². The monoisotopic (exact) mass is 214 g/mol. The van der Waals surface area contributed by atoms with Crippen molar-refractivity contribution >= 4 is 0 Å². The molecule has 1 saturated heterocycles. The SMILES string of the molecule is NCCC1CCN(CCCCCCO)C1. The van der Waals surface area contributed by atoms with Crippen LogP contribution in [0.15, 0.2) is 0 Å². The van der Waals surface area contributed by atoms with Gasteiger partial charge in [0.2, 0.25) is 0 Å². The molecule has 0 aromatic heterocycles. The summed E-state index contributed by atoms with van der Waals surface area (Å²) in [5.74, 6) is 0.854. The van der Waals surface area contributed by atoms with Gasteiger partial charge in [0, 0.05) is 13.2 Å². The summed E-state index contributed by atoms with van der Waals surface area (Å²) in [4.78, 5) is 2.57. The lowest BCUT2D eigenvalue weighted by Gasteiger charge is -2.15. The molecule has 1 rings (SSSR count). The standard InChI is InChI=1S/C12H26N2O/c13-7-5-12-6-9-14(11-12)8-3-1-2-4-10-15/h12,15H,1-11,13H2. The number of unbranched alkanes of at least 4 members (excludes halogenated alkanes) is 3. The Kier molecular flexibility index (Phi) is 6.98. The number of aliphatic hydroxyl groups excluding tert-OH is 1. The fraction of sp³-hybridized carbons (Fsp3) is 1.00. The topological polar surface area (TPSA) is 49.5 Å². The third-order valence-corrected chi connectivity index (χ3v) is 3.33. The Morgan fingerprint density at radius 3 is 2.73 bits per heavy atom. The summed E-state index contributed by atoms with van der Waals surface area (Å²) in [5, 5.41) is 8.65. The number of aliphatic hydroxyl groups is 1. The van der Waals surface area contributed by atoms with Crippen LogP contribution in [0.5, 0.6) is 0 Å². The first-order chi connectivity index (χ1) is 7.36. The Balaban J connectivity index is 1.94. The number of hydrogen-bond acceptors (Lipinski definition) is 3. The van der Waals surface area contributed by atoms with E-state index in [-0.39, 0.29) is 0 Å². The van der Waals surface area contributed by atoms with Crippen molar-refractivity contribution in [3.63, 3.8) is 0 Å². The molecule has 0 bridgehead atoms. The second-order valence-electron chi connectivity index (χ2n) is 4.67. The Bertz CT molecular complexity index is 153. The first kappa shape index (κ1) is 12.9. The molecule has 1 unspecified atom stereocenters. The van der Waals surface area contributed by atoms with Gasteiger partial charge in [0.05, 0.1) is 0 Å². The molecule has 0 spiro atoms. The van der Waals surface area contributed by atoms with Crippen molar-refractivity contribution in [2.45, 2.75) is 38.5 Å². The molecule has 15 heavy (non-hydrogen) atoms. The first-order valence-corrected chi connectivity index (χ1v) is 6.40. The Morgan fingerprint density at radius 2 is 2.00 bits per heavy atom. The predicted molar refractivity (Wildman–Crippen MR) is 63.8 cm³/mol. The largest absolute Gasteiger partial charge is 0.396 e. The highest BCUT2D eigenvalue weighted by Crippen LogP contribution is 2.19. The fourth-order valence-electron chi connectivity index (χ4n) is 2.39. The maximum absolute atomic E-state index is 8.65. The van der Waals surface area contributed by atoms with Crippen LogP contribution in [0.4, 0.5) is 0 Å². The summed E-state index contributed by atoms with van der Waals surface area (Å²) in [7, 11) is 0. The summed E-state index contributed by atoms with van der Waals surface area (Å²) in [6.45, 7) is 4.96. The maximum atomic E-state index is 8.65. The van der Waals surface area contributed by atoms with Crippen molar-refractivity contribution < 1.29 is 5.11 Å². The van der Waals surface area contributed by atoms with Gasteiger partial charge >= 0.3 is 0 Å². The normalized spacial score (nSPS) is 22.4. The van der Waals surface area contributed by atoms with Gasteiger partial charge in [-0.1, -0.05) is 12.8 Å². The van der Waals surface area contributed by atoms with Crippen molar-refractivity contribution in [2.24, 2.45) is 11.7 Å². The van der Waals surface area contributed by atoms with E-state index in [9.17, 15) is 0 Å². The number of likely N-dealkylation sites (tertiary alicyclic amines) is 1. The van der Waals surface area contributed by atoms with Gasteiger partial charge in [-0.25, -0.2) is 0 Å². The molecule has 1 atom stereocenters. The zero-order chi connectivity index (χ0) is 10.9. The van der Waals surface area contributed by atoms with Crippen LogP contribution in [0.3, 0.4) is 0 Å². The van der Waals surface area contributed by atoms with Crippen LogP contribution in [-0.2, 0) is 0 Å². The predicted octanol–water partition coefficient (Wildman–Crippen LogP) is 1.21. The minimum atomic E-state index is 0.349. The maximum Gasteiger partial charge on any atom is 0.0431 e. The molecule has 3 heteroatoms. The molecule has 3 nitrogen and oxygen atoms in total. The molecule has 3 N–H and O–H groups in total. The highest BCUT2D eigenvalue weighted by molar-refractivity contribution is 4.75. The van der Waals surface area contributed by atoms with Crippen LogP contribution >= 0.6 is 0 Å². The molecule has 0 aromatic rings. The van der Waals surface area contributed by atoms with Crippen molar-refractivity contribution in [1.82, 2.24) is 4.90 Å². The van der Waals surface area contributed by atoms with Gasteiger partial charge in [-0.2, -0.15) is 0 Å². The van der Waals surface area contributed by atoms with E-state index in [2.05, 4.69) is 4.90 Å². The summed E-state index contributed by atoms with van der Waals surface area (Å²) >= 11 is 0. The van der Waals surface area contributed by atoms with Crippen molar-refractivity contribution in [3.8, 4) is 0 Å². The zero-order valence-electron chi connectivity index (χ0n) is 9.83. The smallest absolute Gasteiger partial charge is 0.0431 e. The second kappa shape index (κ2) is 8.08. The van der Waals surface area contributed by atoms with Gasteiger partial charge in [-0.15, -0.1) is 0 Å². The van der Waals surface area contributed by atoms with Crippen LogP contribution in [0, 0.1) is 5.92 Å². The van der Waals surface area contributed by atoms with Gasteiger partial charge < -0.3 is 15.7 Å². The van der Waals surface area contributed by atoms with Crippen molar-refractivity contribution in [3.05, 3.63) is 0 Å². The number of nitrogens with two attached hydrogens (primary N) is 1. The third-order valence-electron chi connectivity index (χ3n) is 3.33. The molecule has 0 amide bonds. The molecule has 0 radical (unpaired) electrons. The number of hydrogen-bond donors (Lipinski definition) is 2. The zero-order valence-corrected chi connectivity index (χ0v) is 9.83. The van der Waals surface area contributed by atoms with Gasteiger partial charge in [0.15, 0.2) is 0 Å². The quantitative estimate of drug-likeness (QED) is 0.597. The highest BCUT2D eigenvalue weighted by atomic mass is 16.2. The molecule has 0 saturated carbocycles. The van der Waals surface area contributed by atoms with E-state index in [1.807, 2.05) is 0 Å². The molecule has 0 aliphatic carbocycles. The van der Waals surface area contributed by atoms with Gasteiger partial charge in [-0.05, 0) is 51.2 Å². The fourth-order valence-corrected chi connectivity index (χ4v) is 2.39.